The fraction of sp³-hybridized carbons (Fsp3) is 0.400. The van der Waals surface area contributed by atoms with Crippen LogP contribution < -0.4 is 10.2 Å². The summed E-state index contributed by atoms with van der Waals surface area (Å²) in [5.41, 5.74) is 4.90. The minimum absolute atomic E-state index is 0.201. The largest absolute Gasteiger partial charge is 0.487 e. The number of carboxylic acid groups (broad SMARTS) is 1. The summed E-state index contributed by atoms with van der Waals surface area (Å²) in [6, 6.07) is 3.47. The number of pyridine rings is 1. The van der Waals surface area contributed by atoms with Gasteiger partial charge in [0.25, 0.3) is 0 Å². The zero-order valence-electron chi connectivity index (χ0n) is 19.2. The molecule has 2 N–H and O–H groups in total. The van der Waals surface area contributed by atoms with Crippen molar-refractivity contribution in [1.82, 2.24) is 14.8 Å². The van der Waals surface area contributed by atoms with Crippen LogP contribution in [-0.2, 0) is 19.4 Å². The molecule has 2 aliphatic rings. The van der Waals surface area contributed by atoms with E-state index in [9.17, 15) is 14.7 Å². The molecule has 4 heterocycles. The van der Waals surface area contributed by atoms with Crippen LogP contribution >= 0.6 is 0 Å². The zero-order chi connectivity index (χ0) is 23.2. The quantitative estimate of drug-likeness (QED) is 0.616. The first-order chi connectivity index (χ1) is 15.1. The second-order valence-electron chi connectivity index (χ2n) is 9.70. The van der Waals surface area contributed by atoms with Crippen LogP contribution in [0.2, 0.25) is 0 Å². The van der Waals surface area contributed by atoms with Crippen molar-refractivity contribution in [1.29, 1.82) is 0 Å². The van der Waals surface area contributed by atoms with Crippen LogP contribution in [0.5, 0.6) is 5.75 Å². The number of aromatic amines is 1. The third-order valence-electron chi connectivity index (χ3n) is 5.52. The number of aromatic carboxylic acids is 1. The molecular formula is C25H29N3O4. The number of aryl methyl sites for hydroxylation is 1. The van der Waals surface area contributed by atoms with Gasteiger partial charge in [-0.05, 0) is 37.8 Å². The average molecular weight is 436 g/mol. The standard InChI is InChI=1S/C21H19N3O4.C4H10/c1-21(2)7-15-12-3-4-24-10-16(20(26)27)18(25)6-17(24)14(12)5-13(19(15)28-21)11-8-22-23-9-11;1-4(2)3/h5-6,8-10H,3-4,7H2,1-2H3,(H,22,23)(H,26,27);4H,1-3H3. The Hall–Kier alpha value is -3.35. The Labute approximate surface area is 187 Å². The number of hydrogen-bond acceptors (Lipinski definition) is 4. The molecule has 0 spiro atoms. The number of rotatable bonds is 2. The summed E-state index contributed by atoms with van der Waals surface area (Å²) in [4.78, 5) is 23.7. The van der Waals surface area contributed by atoms with E-state index in [1.807, 2.05) is 16.8 Å². The molecule has 0 saturated carbocycles. The van der Waals surface area contributed by atoms with Crippen LogP contribution in [0.25, 0.3) is 22.4 Å². The molecule has 168 valence electrons. The highest BCUT2D eigenvalue weighted by molar-refractivity contribution is 5.88. The van der Waals surface area contributed by atoms with Gasteiger partial charge in [0.2, 0.25) is 0 Å². The number of nitrogens with zero attached hydrogens (tertiary/aromatic N) is 2. The lowest BCUT2D eigenvalue weighted by atomic mass is 9.86. The van der Waals surface area contributed by atoms with Gasteiger partial charge in [-0.1, -0.05) is 20.8 Å². The van der Waals surface area contributed by atoms with Gasteiger partial charge in [-0.25, -0.2) is 4.79 Å². The summed E-state index contributed by atoms with van der Waals surface area (Å²) in [6.45, 7) is 11.3. The highest BCUT2D eigenvalue weighted by Crippen LogP contribution is 2.48. The van der Waals surface area contributed by atoms with Crippen molar-refractivity contribution in [3.05, 3.63) is 57.6 Å². The van der Waals surface area contributed by atoms with Crippen LogP contribution in [0, 0.1) is 5.92 Å². The first kappa shape index (κ1) is 21.9. The smallest absolute Gasteiger partial charge is 0.341 e. The summed E-state index contributed by atoms with van der Waals surface area (Å²) < 4.78 is 8.15. The molecule has 2 aromatic heterocycles. The topological polar surface area (TPSA) is 97.2 Å². The Morgan fingerprint density at radius 2 is 1.94 bits per heavy atom. The molecule has 0 amide bonds. The van der Waals surface area contributed by atoms with E-state index in [-0.39, 0.29) is 11.2 Å². The Bertz CT molecular complexity index is 1230. The van der Waals surface area contributed by atoms with Gasteiger partial charge in [0.1, 0.15) is 16.9 Å². The van der Waals surface area contributed by atoms with Gasteiger partial charge < -0.3 is 14.4 Å². The highest BCUT2D eigenvalue weighted by atomic mass is 16.5. The Kier molecular flexibility index (Phi) is 5.44. The van der Waals surface area contributed by atoms with Crippen LogP contribution in [0.3, 0.4) is 0 Å². The molecular weight excluding hydrogens is 406 g/mol. The lowest BCUT2D eigenvalue weighted by Crippen LogP contribution is -2.25. The SMILES string of the molecule is CC(C)C.CC1(C)Cc2c3c(cc(-c4cn[nH]c4)c2O1)-c1cc(=O)c(C(=O)O)cn1CC3. The van der Waals surface area contributed by atoms with Gasteiger partial charge in [0.05, 0.1) is 11.9 Å². The van der Waals surface area contributed by atoms with E-state index in [0.717, 1.165) is 46.9 Å². The number of benzene rings is 1. The fourth-order valence-electron chi connectivity index (χ4n) is 4.31. The van der Waals surface area contributed by atoms with E-state index in [0.29, 0.717) is 6.54 Å². The summed E-state index contributed by atoms with van der Waals surface area (Å²) >= 11 is 0. The minimum atomic E-state index is -1.20. The summed E-state index contributed by atoms with van der Waals surface area (Å²) in [5.74, 6) is 0.511. The van der Waals surface area contributed by atoms with E-state index < -0.39 is 11.4 Å². The van der Waals surface area contributed by atoms with E-state index in [2.05, 4.69) is 44.8 Å². The molecule has 1 aromatic carbocycles. The first-order valence-electron chi connectivity index (χ1n) is 10.9. The zero-order valence-corrected chi connectivity index (χ0v) is 19.2. The van der Waals surface area contributed by atoms with Gasteiger partial charge in [0.15, 0.2) is 5.43 Å². The minimum Gasteiger partial charge on any atom is -0.487 e. The van der Waals surface area contributed by atoms with Crippen LogP contribution in [0.15, 0.2) is 35.5 Å². The van der Waals surface area contributed by atoms with E-state index >= 15 is 0 Å². The van der Waals surface area contributed by atoms with Crippen molar-refractivity contribution in [2.24, 2.45) is 5.92 Å². The van der Waals surface area contributed by atoms with Crippen LogP contribution in [-0.4, -0.2) is 31.4 Å². The van der Waals surface area contributed by atoms with E-state index in [1.54, 1.807) is 6.20 Å². The number of ether oxygens (including phenoxy) is 1. The second-order valence-corrected chi connectivity index (χ2v) is 9.70. The third-order valence-corrected chi connectivity index (χ3v) is 5.52. The fourth-order valence-corrected chi connectivity index (χ4v) is 4.31. The maximum absolute atomic E-state index is 12.4. The van der Waals surface area contributed by atoms with Crippen molar-refractivity contribution in [2.75, 3.05) is 0 Å². The molecule has 0 aliphatic carbocycles. The van der Waals surface area contributed by atoms with Crippen LogP contribution in [0.4, 0.5) is 0 Å². The maximum atomic E-state index is 12.4. The Morgan fingerprint density at radius 1 is 1.22 bits per heavy atom. The second kappa shape index (κ2) is 7.97. The van der Waals surface area contributed by atoms with Crippen molar-refractivity contribution in [3.63, 3.8) is 0 Å². The van der Waals surface area contributed by atoms with Gasteiger partial charge in [-0.3, -0.25) is 9.89 Å². The summed E-state index contributed by atoms with van der Waals surface area (Å²) in [5, 5.41) is 16.2. The molecule has 2 aliphatic heterocycles. The summed E-state index contributed by atoms with van der Waals surface area (Å²) in [7, 11) is 0. The van der Waals surface area contributed by atoms with Gasteiger partial charge in [-0.2, -0.15) is 5.10 Å². The van der Waals surface area contributed by atoms with Crippen molar-refractivity contribution < 1.29 is 14.6 Å². The first-order valence-corrected chi connectivity index (χ1v) is 10.9. The number of fused-ring (bicyclic) bond motifs is 5. The molecule has 5 rings (SSSR count). The number of nitrogens with one attached hydrogen (secondary N) is 1. The number of carboxylic acids is 1. The summed E-state index contributed by atoms with van der Waals surface area (Å²) in [6.07, 6.45) is 6.57. The Morgan fingerprint density at radius 3 is 2.56 bits per heavy atom. The van der Waals surface area contributed by atoms with Gasteiger partial charge >= 0.3 is 5.97 Å². The molecule has 3 aromatic rings. The van der Waals surface area contributed by atoms with E-state index in [4.69, 9.17) is 4.74 Å². The molecule has 0 radical (unpaired) electrons. The number of carbonyl (C=O) groups is 1. The average Bonchev–Trinajstić information content (AvgIpc) is 3.33. The molecule has 0 saturated heterocycles. The van der Waals surface area contributed by atoms with E-state index in [1.165, 1.54) is 23.4 Å². The number of H-pyrrole nitrogens is 1. The molecule has 7 heteroatoms. The third kappa shape index (κ3) is 3.95. The number of aromatic nitrogens is 3. The van der Waals surface area contributed by atoms with Gasteiger partial charge in [-0.15, -0.1) is 0 Å². The maximum Gasteiger partial charge on any atom is 0.341 e. The lowest BCUT2D eigenvalue weighted by Gasteiger charge is -2.25. The Balaban J connectivity index is 0.000000567. The highest BCUT2D eigenvalue weighted by Gasteiger charge is 2.36. The van der Waals surface area contributed by atoms with Crippen molar-refractivity contribution >= 4 is 5.97 Å². The van der Waals surface area contributed by atoms with Gasteiger partial charge in [0, 0.05) is 53.7 Å². The lowest BCUT2D eigenvalue weighted by molar-refractivity contribution is 0.0694. The normalized spacial score (nSPS) is 15.2. The monoisotopic (exact) mass is 435 g/mol. The molecule has 0 atom stereocenters. The van der Waals surface area contributed by atoms with Crippen LogP contribution in [0.1, 0.15) is 56.1 Å². The molecule has 7 nitrogen and oxygen atoms in total. The van der Waals surface area contributed by atoms with Crippen molar-refractivity contribution in [2.45, 2.75) is 59.6 Å². The molecule has 0 fully saturated rings. The predicted octanol–water partition coefficient (Wildman–Crippen LogP) is 4.54. The molecule has 32 heavy (non-hydrogen) atoms. The molecule has 0 unspecified atom stereocenters. The predicted molar refractivity (Wildman–Crippen MR) is 123 cm³/mol. The molecule has 0 bridgehead atoms. The number of hydrogen-bond donors (Lipinski definition) is 2. The van der Waals surface area contributed by atoms with Crippen molar-refractivity contribution in [3.8, 4) is 28.1 Å².